The van der Waals surface area contributed by atoms with Gasteiger partial charge in [0.15, 0.2) is 5.16 Å². The number of para-hydroxylation sites is 1. The summed E-state index contributed by atoms with van der Waals surface area (Å²) in [4.78, 5) is 34.8. The van der Waals surface area contributed by atoms with E-state index in [1.165, 1.54) is 23.1 Å². The fourth-order valence-corrected chi connectivity index (χ4v) is 5.54. The number of aryl methyl sites for hydroxylation is 2. The molecule has 4 aromatic rings. The van der Waals surface area contributed by atoms with Crippen LogP contribution in [0.25, 0.3) is 21.3 Å². The Morgan fingerprint density at radius 2 is 1.88 bits per heavy atom. The molecule has 0 radical (unpaired) electrons. The number of nitrogens with one attached hydrogen (secondary N) is 2. The highest BCUT2D eigenvalue weighted by molar-refractivity contribution is 7.99. The lowest BCUT2D eigenvalue weighted by Crippen LogP contribution is -2.17. The van der Waals surface area contributed by atoms with Crippen molar-refractivity contribution < 1.29 is 4.79 Å². The number of hydrogen-bond donors (Lipinski definition) is 2. The number of fused-ring (bicyclic) bond motifs is 1. The van der Waals surface area contributed by atoms with Gasteiger partial charge in [-0.15, -0.1) is 11.3 Å². The van der Waals surface area contributed by atoms with Gasteiger partial charge in [-0.3, -0.25) is 9.59 Å². The summed E-state index contributed by atoms with van der Waals surface area (Å²) < 4.78 is 0. The van der Waals surface area contributed by atoms with Gasteiger partial charge in [-0.25, -0.2) is 4.98 Å². The first-order chi connectivity index (χ1) is 15.3. The van der Waals surface area contributed by atoms with Crippen LogP contribution >= 0.6 is 23.1 Å². The fraction of sp³-hybridized carbons (Fsp3) is 0.240. The largest absolute Gasteiger partial charge is 0.325 e. The normalized spacial score (nSPS) is 11.3. The Hall–Kier alpha value is -2.90. The topological polar surface area (TPSA) is 74.8 Å². The van der Waals surface area contributed by atoms with E-state index in [9.17, 15) is 9.59 Å². The maximum Gasteiger partial charge on any atom is 0.260 e. The van der Waals surface area contributed by atoms with Gasteiger partial charge in [0.05, 0.1) is 11.1 Å². The van der Waals surface area contributed by atoms with E-state index in [-0.39, 0.29) is 17.2 Å². The second kappa shape index (κ2) is 9.30. The van der Waals surface area contributed by atoms with E-state index in [4.69, 9.17) is 0 Å². The summed E-state index contributed by atoms with van der Waals surface area (Å²) in [6, 6.07) is 15.9. The van der Waals surface area contributed by atoms with Crippen LogP contribution in [0.15, 0.2) is 58.5 Å². The molecule has 2 N–H and O–H groups in total. The summed E-state index contributed by atoms with van der Waals surface area (Å²) in [7, 11) is 0. The summed E-state index contributed by atoms with van der Waals surface area (Å²) in [5.41, 5.74) is 4.76. The standard InChI is InChI=1S/C25H25N3O2S2/c1-14(2)18-12-8-9-15(3)22(18)26-19(29)13-31-25-27-23(30)21-20(16(4)32-24(21)28-25)17-10-6-5-7-11-17/h5-12,14H,13H2,1-4H3,(H,26,29)(H,27,28,30). The molecule has 2 aromatic carbocycles. The van der Waals surface area contributed by atoms with Crippen molar-refractivity contribution in [2.75, 3.05) is 11.1 Å². The molecular formula is C25H25N3O2S2. The van der Waals surface area contributed by atoms with Gasteiger partial charge in [0.2, 0.25) is 5.91 Å². The van der Waals surface area contributed by atoms with Gasteiger partial charge in [0, 0.05) is 16.1 Å². The molecule has 32 heavy (non-hydrogen) atoms. The lowest BCUT2D eigenvalue weighted by atomic mass is 9.98. The third-order valence-corrected chi connectivity index (χ3v) is 7.18. The van der Waals surface area contributed by atoms with Crippen LogP contribution in [-0.2, 0) is 4.79 Å². The lowest BCUT2D eigenvalue weighted by molar-refractivity contribution is -0.113. The smallest absolute Gasteiger partial charge is 0.260 e. The van der Waals surface area contributed by atoms with E-state index in [1.807, 2.05) is 62.4 Å². The van der Waals surface area contributed by atoms with E-state index in [0.29, 0.717) is 21.3 Å². The zero-order chi connectivity index (χ0) is 22.8. The van der Waals surface area contributed by atoms with Gasteiger partial charge in [0.1, 0.15) is 4.83 Å². The minimum absolute atomic E-state index is 0.124. The maximum absolute atomic E-state index is 12.9. The van der Waals surface area contributed by atoms with Crippen LogP contribution in [0.4, 0.5) is 5.69 Å². The van der Waals surface area contributed by atoms with Gasteiger partial charge in [-0.1, -0.05) is 74.1 Å². The molecule has 0 unspecified atom stereocenters. The summed E-state index contributed by atoms with van der Waals surface area (Å²) >= 11 is 2.74. The number of nitrogens with zero attached hydrogens (tertiary/aromatic N) is 1. The highest BCUT2D eigenvalue weighted by atomic mass is 32.2. The first kappa shape index (κ1) is 22.3. The molecule has 0 aliphatic heterocycles. The number of amides is 1. The van der Waals surface area contributed by atoms with E-state index in [0.717, 1.165) is 32.8 Å². The average Bonchev–Trinajstić information content (AvgIpc) is 3.10. The van der Waals surface area contributed by atoms with Gasteiger partial charge in [0.25, 0.3) is 5.56 Å². The monoisotopic (exact) mass is 463 g/mol. The number of hydrogen-bond acceptors (Lipinski definition) is 5. The second-order valence-electron chi connectivity index (χ2n) is 7.98. The molecule has 0 aliphatic rings. The lowest BCUT2D eigenvalue weighted by Gasteiger charge is -2.16. The van der Waals surface area contributed by atoms with Gasteiger partial charge < -0.3 is 10.3 Å². The maximum atomic E-state index is 12.9. The molecule has 1 amide bonds. The zero-order valence-corrected chi connectivity index (χ0v) is 20.1. The average molecular weight is 464 g/mol. The third kappa shape index (κ3) is 4.49. The Labute approximate surface area is 195 Å². The zero-order valence-electron chi connectivity index (χ0n) is 18.5. The first-order valence-corrected chi connectivity index (χ1v) is 12.3. The number of H-pyrrole nitrogens is 1. The predicted molar refractivity (Wildman–Crippen MR) is 135 cm³/mol. The summed E-state index contributed by atoms with van der Waals surface area (Å²) in [5.74, 6) is 0.344. The van der Waals surface area contributed by atoms with Crippen molar-refractivity contribution in [1.29, 1.82) is 0 Å². The quantitative estimate of drug-likeness (QED) is 0.267. The van der Waals surface area contributed by atoms with Crippen LogP contribution < -0.4 is 10.9 Å². The molecule has 0 spiro atoms. The van der Waals surface area contributed by atoms with Crippen molar-refractivity contribution in [2.45, 2.75) is 38.8 Å². The molecule has 2 heterocycles. The molecule has 164 valence electrons. The van der Waals surface area contributed by atoms with E-state index in [2.05, 4.69) is 29.1 Å². The molecule has 4 rings (SSSR count). The Balaban J connectivity index is 1.55. The molecule has 7 heteroatoms. The number of anilines is 1. The molecule has 0 bridgehead atoms. The molecule has 0 atom stereocenters. The number of carbonyl (C=O) groups excluding carboxylic acids is 1. The number of benzene rings is 2. The van der Waals surface area contributed by atoms with Crippen LogP contribution in [0, 0.1) is 13.8 Å². The van der Waals surface area contributed by atoms with Crippen molar-refractivity contribution >= 4 is 44.9 Å². The van der Waals surface area contributed by atoms with Crippen molar-refractivity contribution in [3.8, 4) is 11.1 Å². The first-order valence-electron chi connectivity index (χ1n) is 10.5. The SMILES string of the molecule is Cc1cccc(C(C)C)c1NC(=O)CSc1nc2sc(C)c(-c3ccccc3)c2c(=O)[nH]1. The number of aromatic nitrogens is 2. The van der Waals surface area contributed by atoms with Crippen LogP contribution in [0.3, 0.4) is 0 Å². The molecule has 0 saturated carbocycles. The number of carbonyl (C=O) groups is 1. The van der Waals surface area contributed by atoms with Gasteiger partial charge in [-0.2, -0.15) is 0 Å². The van der Waals surface area contributed by atoms with Crippen molar-refractivity contribution in [3.63, 3.8) is 0 Å². The second-order valence-corrected chi connectivity index (χ2v) is 10.1. The minimum Gasteiger partial charge on any atom is -0.325 e. The van der Waals surface area contributed by atoms with Gasteiger partial charge >= 0.3 is 0 Å². The Bertz CT molecular complexity index is 1340. The van der Waals surface area contributed by atoms with Crippen molar-refractivity contribution in [3.05, 3.63) is 74.9 Å². The Morgan fingerprint density at radius 1 is 1.12 bits per heavy atom. The van der Waals surface area contributed by atoms with Crippen molar-refractivity contribution in [2.24, 2.45) is 0 Å². The van der Waals surface area contributed by atoms with E-state index >= 15 is 0 Å². The highest BCUT2D eigenvalue weighted by Crippen LogP contribution is 2.36. The number of rotatable bonds is 6. The third-order valence-electron chi connectivity index (χ3n) is 5.31. The van der Waals surface area contributed by atoms with E-state index in [1.54, 1.807) is 0 Å². The minimum atomic E-state index is -0.179. The van der Waals surface area contributed by atoms with Crippen LogP contribution in [0.5, 0.6) is 0 Å². The highest BCUT2D eigenvalue weighted by Gasteiger charge is 2.18. The predicted octanol–water partition coefficient (Wildman–Crippen LogP) is 6.12. The number of thioether (sulfide) groups is 1. The Kier molecular flexibility index (Phi) is 6.48. The number of thiophene rings is 1. The van der Waals surface area contributed by atoms with Crippen LogP contribution in [0.1, 0.15) is 35.8 Å². The summed E-state index contributed by atoms with van der Waals surface area (Å²) in [5, 5.41) is 4.10. The Morgan fingerprint density at radius 3 is 2.59 bits per heavy atom. The molecule has 0 saturated heterocycles. The van der Waals surface area contributed by atoms with Crippen LogP contribution in [0.2, 0.25) is 0 Å². The summed E-state index contributed by atoms with van der Waals surface area (Å²) in [6.45, 7) is 8.21. The molecule has 0 aliphatic carbocycles. The van der Waals surface area contributed by atoms with Crippen LogP contribution in [-0.4, -0.2) is 21.6 Å². The van der Waals surface area contributed by atoms with Crippen molar-refractivity contribution in [1.82, 2.24) is 9.97 Å². The molecule has 2 aromatic heterocycles. The summed E-state index contributed by atoms with van der Waals surface area (Å²) in [6.07, 6.45) is 0. The van der Waals surface area contributed by atoms with E-state index < -0.39 is 0 Å². The molecule has 0 fully saturated rings. The molecular weight excluding hydrogens is 438 g/mol. The van der Waals surface area contributed by atoms with Gasteiger partial charge in [-0.05, 0) is 36.5 Å². The molecule has 5 nitrogen and oxygen atoms in total. The fourth-order valence-electron chi connectivity index (χ4n) is 3.77. The number of aromatic amines is 1.